The van der Waals surface area contributed by atoms with Gasteiger partial charge in [-0.1, -0.05) is 12.1 Å². The molecule has 0 amide bonds. The highest BCUT2D eigenvalue weighted by Gasteiger charge is 2.28. The van der Waals surface area contributed by atoms with Gasteiger partial charge < -0.3 is 5.11 Å². The molecule has 0 unspecified atom stereocenters. The molecule has 0 aliphatic carbocycles. The van der Waals surface area contributed by atoms with Crippen LogP contribution in [-0.4, -0.2) is 20.0 Å². The first-order valence-corrected chi connectivity index (χ1v) is 10.5. The van der Waals surface area contributed by atoms with Crippen LogP contribution >= 0.6 is 23.1 Å². The van der Waals surface area contributed by atoms with E-state index in [1.807, 2.05) is 24.3 Å². The maximum atomic E-state index is 12.8. The highest BCUT2D eigenvalue weighted by molar-refractivity contribution is 7.99. The van der Waals surface area contributed by atoms with Crippen molar-refractivity contribution >= 4 is 34.5 Å². The number of fused-ring (bicyclic) bond motifs is 1. The fourth-order valence-electron chi connectivity index (χ4n) is 3.24. The molecule has 1 N–H and O–H groups in total. The Labute approximate surface area is 169 Å². The van der Waals surface area contributed by atoms with Gasteiger partial charge in [-0.05, 0) is 31.2 Å². The van der Waals surface area contributed by atoms with E-state index < -0.39 is 11.2 Å². The summed E-state index contributed by atoms with van der Waals surface area (Å²) in [6.07, 6.45) is 0.473. The van der Waals surface area contributed by atoms with Crippen molar-refractivity contribution in [1.82, 2.24) is 9.13 Å². The molecule has 0 fully saturated rings. The van der Waals surface area contributed by atoms with Gasteiger partial charge in [0.25, 0.3) is 5.56 Å². The number of benzene rings is 1. The Morgan fingerprint density at radius 3 is 2.57 bits per heavy atom. The summed E-state index contributed by atoms with van der Waals surface area (Å²) < 4.78 is 2.08. The molecule has 4 rings (SSSR count). The lowest BCUT2D eigenvalue weighted by Crippen LogP contribution is -2.40. The number of rotatable bonds is 2. The fraction of sp³-hybridized carbons (Fsp3) is 0.250. The van der Waals surface area contributed by atoms with Crippen LogP contribution in [0.15, 0.2) is 55.9 Å². The number of aromatic hydroxyl groups is 1. The maximum Gasteiger partial charge on any atom is 0.333 e. The van der Waals surface area contributed by atoms with Gasteiger partial charge in [-0.3, -0.25) is 18.9 Å². The van der Waals surface area contributed by atoms with Crippen LogP contribution in [-0.2, 0) is 14.1 Å². The number of hydrogen-bond acceptors (Lipinski definition) is 6. The van der Waals surface area contributed by atoms with Crippen LogP contribution in [0.5, 0.6) is 5.88 Å². The van der Waals surface area contributed by atoms with Crippen LogP contribution < -0.4 is 11.2 Å². The van der Waals surface area contributed by atoms with Crippen molar-refractivity contribution in [2.45, 2.75) is 23.5 Å². The zero-order valence-electron chi connectivity index (χ0n) is 15.7. The summed E-state index contributed by atoms with van der Waals surface area (Å²) in [5.74, 6) is -0.350. The molecule has 8 heteroatoms. The Balaban J connectivity index is 1.95. The number of thiophene rings is 1. The average Bonchev–Trinajstić information content (AvgIpc) is 3.02. The molecular formula is C20H19N3O3S2. The van der Waals surface area contributed by atoms with Gasteiger partial charge >= 0.3 is 5.69 Å². The Hall–Kier alpha value is -2.58. The lowest BCUT2D eigenvalue weighted by molar-refractivity contribution is 0.410. The minimum absolute atomic E-state index is 0.0578. The van der Waals surface area contributed by atoms with Crippen LogP contribution in [0.4, 0.5) is 5.69 Å². The molecule has 3 heterocycles. The van der Waals surface area contributed by atoms with Crippen LogP contribution in [0.3, 0.4) is 0 Å². The minimum Gasteiger partial charge on any atom is -0.494 e. The average molecular weight is 414 g/mol. The van der Waals surface area contributed by atoms with Gasteiger partial charge in [0.2, 0.25) is 5.88 Å². The third-order valence-corrected chi connectivity index (χ3v) is 7.34. The van der Waals surface area contributed by atoms with Gasteiger partial charge in [-0.25, -0.2) is 4.79 Å². The van der Waals surface area contributed by atoms with Crippen molar-refractivity contribution in [2.75, 3.05) is 0 Å². The molecule has 0 radical (unpaired) electrons. The van der Waals surface area contributed by atoms with Gasteiger partial charge in [0.15, 0.2) is 0 Å². The summed E-state index contributed by atoms with van der Waals surface area (Å²) in [7, 11) is 2.86. The topological polar surface area (TPSA) is 76.6 Å². The fourth-order valence-corrected chi connectivity index (χ4v) is 5.52. The molecule has 0 spiro atoms. The molecule has 3 aromatic rings. The van der Waals surface area contributed by atoms with Crippen molar-refractivity contribution in [2.24, 2.45) is 19.1 Å². The molecule has 1 atom stereocenters. The van der Waals surface area contributed by atoms with Crippen molar-refractivity contribution in [3.8, 4) is 5.88 Å². The van der Waals surface area contributed by atoms with E-state index >= 15 is 0 Å². The van der Waals surface area contributed by atoms with Crippen LogP contribution in [0.1, 0.15) is 27.0 Å². The van der Waals surface area contributed by atoms with E-state index in [1.165, 1.54) is 23.8 Å². The number of hydrogen-bond donors (Lipinski definition) is 1. The summed E-state index contributed by atoms with van der Waals surface area (Å²) in [5, 5.41) is 10.7. The molecule has 2 aromatic heterocycles. The largest absolute Gasteiger partial charge is 0.494 e. The quantitative estimate of drug-likeness (QED) is 0.697. The number of thioether (sulfide) groups is 1. The number of nitrogens with zero attached hydrogens (tertiary/aromatic N) is 3. The van der Waals surface area contributed by atoms with Gasteiger partial charge in [0, 0.05) is 40.4 Å². The molecule has 1 aliphatic rings. The highest BCUT2D eigenvalue weighted by atomic mass is 32.2. The number of para-hydroxylation sites is 1. The summed E-state index contributed by atoms with van der Waals surface area (Å²) in [6.45, 7) is 2.06. The first kappa shape index (κ1) is 18.8. The second kappa shape index (κ2) is 7.10. The van der Waals surface area contributed by atoms with E-state index in [0.29, 0.717) is 12.1 Å². The molecular weight excluding hydrogens is 394 g/mol. The minimum atomic E-state index is -0.569. The van der Waals surface area contributed by atoms with E-state index in [4.69, 9.17) is 4.99 Å². The van der Waals surface area contributed by atoms with Gasteiger partial charge in [-0.2, -0.15) is 0 Å². The first-order chi connectivity index (χ1) is 13.4. The summed E-state index contributed by atoms with van der Waals surface area (Å²) >= 11 is 3.42. The standard InChI is InChI=1S/C20H19N3O3S2/c1-11-8-9-15(27-11)16-10-13(21-12-6-4-5-7-14(12)28-16)17-18(24)22(2)20(26)23(3)19(17)25/h4-9,16,24H,10H2,1-3H3/t16-/m0/s1. The third kappa shape index (κ3) is 3.12. The van der Waals surface area contributed by atoms with Gasteiger partial charge in [0.1, 0.15) is 5.56 Å². The van der Waals surface area contributed by atoms with Crippen LogP contribution in [0.2, 0.25) is 0 Å². The number of aliphatic imine (C=N–C) groups is 1. The zero-order chi connectivity index (χ0) is 20.0. The highest BCUT2D eigenvalue weighted by Crippen LogP contribution is 2.47. The molecule has 6 nitrogen and oxygen atoms in total. The molecule has 1 aromatic carbocycles. The van der Waals surface area contributed by atoms with Crippen molar-refractivity contribution in [3.05, 3.63) is 72.6 Å². The Kier molecular flexibility index (Phi) is 4.76. The van der Waals surface area contributed by atoms with E-state index in [2.05, 4.69) is 19.1 Å². The van der Waals surface area contributed by atoms with E-state index in [0.717, 1.165) is 19.7 Å². The second-order valence-electron chi connectivity index (χ2n) is 6.69. The predicted octanol–water partition coefficient (Wildman–Crippen LogP) is 3.52. The van der Waals surface area contributed by atoms with Crippen molar-refractivity contribution < 1.29 is 5.11 Å². The SMILES string of the molecule is Cc1ccc([C@@H]2CC(c3c(O)n(C)c(=O)n(C)c3=O)=Nc3ccccc3S2)s1. The number of aromatic nitrogens is 2. The Morgan fingerprint density at radius 2 is 1.86 bits per heavy atom. The Bertz CT molecular complexity index is 1220. The molecule has 0 bridgehead atoms. The first-order valence-electron chi connectivity index (χ1n) is 8.75. The predicted molar refractivity (Wildman–Crippen MR) is 113 cm³/mol. The Morgan fingerprint density at radius 1 is 1.11 bits per heavy atom. The second-order valence-corrected chi connectivity index (χ2v) is 9.25. The van der Waals surface area contributed by atoms with Crippen LogP contribution in [0, 0.1) is 6.92 Å². The van der Waals surface area contributed by atoms with Crippen molar-refractivity contribution in [3.63, 3.8) is 0 Å². The van der Waals surface area contributed by atoms with E-state index in [-0.39, 0.29) is 16.7 Å². The third-order valence-electron chi connectivity index (χ3n) is 4.77. The molecule has 28 heavy (non-hydrogen) atoms. The molecule has 0 saturated heterocycles. The molecule has 144 valence electrons. The van der Waals surface area contributed by atoms with Crippen LogP contribution in [0.25, 0.3) is 0 Å². The monoisotopic (exact) mass is 413 g/mol. The van der Waals surface area contributed by atoms with Crippen molar-refractivity contribution in [1.29, 1.82) is 0 Å². The van der Waals surface area contributed by atoms with Gasteiger partial charge in [0.05, 0.1) is 11.4 Å². The lowest BCUT2D eigenvalue weighted by Gasteiger charge is -2.15. The number of aryl methyl sites for hydroxylation is 1. The van der Waals surface area contributed by atoms with Gasteiger partial charge in [-0.15, -0.1) is 23.1 Å². The lowest BCUT2D eigenvalue weighted by atomic mass is 10.1. The molecule has 1 aliphatic heterocycles. The summed E-state index contributed by atoms with van der Waals surface area (Å²) in [4.78, 5) is 33.1. The van der Waals surface area contributed by atoms with E-state index in [9.17, 15) is 14.7 Å². The normalized spacial score (nSPS) is 16.4. The maximum absolute atomic E-state index is 12.8. The smallest absolute Gasteiger partial charge is 0.333 e. The zero-order valence-corrected chi connectivity index (χ0v) is 17.3. The summed E-state index contributed by atoms with van der Waals surface area (Å²) in [5.41, 5.74) is 0.224. The molecule has 0 saturated carbocycles. The van der Waals surface area contributed by atoms with E-state index in [1.54, 1.807) is 23.1 Å². The summed E-state index contributed by atoms with van der Waals surface area (Å²) in [6, 6.07) is 12.0.